The number of carbonyl (C=O) groups is 1. The highest BCUT2D eigenvalue weighted by molar-refractivity contribution is 5.52. The second-order valence-corrected chi connectivity index (χ2v) is 12.0. The van der Waals surface area contributed by atoms with Crippen LogP contribution in [0.25, 0.3) is 0 Å². The second kappa shape index (κ2) is 13.1. The first-order valence-corrected chi connectivity index (χ1v) is 14.3. The zero-order valence-electron chi connectivity index (χ0n) is 23.4. The Morgan fingerprint density at radius 3 is 2.14 bits per heavy atom. The zero-order valence-corrected chi connectivity index (χ0v) is 23.4. The van der Waals surface area contributed by atoms with Gasteiger partial charge in [-0.1, -0.05) is 40.0 Å². The van der Waals surface area contributed by atoms with Crippen molar-refractivity contribution in [3.63, 3.8) is 0 Å². The molecule has 3 unspecified atom stereocenters. The van der Waals surface area contributed by atoms with E-state index >= 15 is 0 Å². The number of fused-ring (bicyclic) bond motifs is 2. The third-order valence-electron chi connectivity index (χ3n) is 8.75. The van der Waals surface area contributed by atoms with Crippen molar-refractivity contribution in [3.05, 3.63) is 18.0 Å². The van der Waals surface area contributed by atoms with Crippen LogP contribution >= 0.6 is 0 Å². The molecule has 3 fully saturated rings. The highest BCUT2D eigenvalue weighted by Gasteiger charge is 2.44. The molecule has 2 bridgehead atoms. The van der Waals surface area contributed by atoms with Crippen LogP contribution in [0.5, 0.6) is 0 Å². The Morgan fingerprint density at radius 1 is 1.06 bits per heavy atom. The molecule has 6 heteroatoms. The third-order valence-corrected chi connectivity index (χ3v) is 8.75. The first kappa shape index (κ1) is 28.0. The molecule has 1 aromatic heterocycles. The van der Waals surface area contributed by atoms with E-state index in [1.165, 1.54) is 63.5 Å². The van der Waals surface area contributed by atoms with E-state index in [2.05, 4.69) is 54.9 Å². The van der Waals surface area contributed by atoms with Gasteiger partial charge in [-0.2, -0.15) is 0 Å². The molecule has 0 aromatic carbocycles. The molecule has 198 valence electrons. The van der Waals surface area contributed by atoms with Crippen LogP contribution in [0.3, 0.4) is 0 Å². The maximum Gasteiger partial charge on any atom is 0.225 e. The number of hydrogen-bond acceptors (Lipinski definition) is 6. The van der Waals surface area contributed by atoms with Gasteiger partial charge in [0, 0.05) is 67.7 Å². The molecular weight excluding hydrogens is 434 g/mol. The Hall–Kier alpha value is -1.53. The molecule has 35 heavy (non-hydrogen) atoms. The van der Waals surface area contributed by atoms with Gasteiger partial charge in [0.25, 0.3) is 0 Å². The van der Waals surface area contributed by atoms with E-state index in [-0.39, 0.29) is 5.92 Å². The van der Waals surface area contributed by atoms with Crippen LogP contribution in [0.4, 0.5) is 5.95 Å². The molecule has 1 saturated carbocycles. The van der Waals surface area contributed by atoms with Crippen LogP contribution < -0.4 is 4.90 Å². The summed E-state index contributed by atoms with van der Waals surface area (Å²) in [6, 6.07) is 1.14. The predicted molar refractivity (Wildman–Crippen MR) is 146 cm³/mol. The van der Waals surface area contributed by atoms with E-state index in [1.54, 1.807) is 0 Å². The molecule has 3 heterocycles. The fraction of sp³-hybridized carbons (Fsp3) is 0.828. The Kier molecular flexibility index (Phi) is 10.5. The third kappa shape index (κ3) is 7.72. The number of likely N-dealkylation sites (tertiary alicyclic amines) is 1. The minimum absolute atomic E-state index is 0.255. The second-order valence-electron chi connectivity index (χ2n) is 12.0. The lowest BCUT2D eigenvalue weighted by molar-refractivity contribution is -0.110. The lowest BCUT2D eigenvalue weighted by atomic mass is 9.89. The first-order valence-electron chi connectivity index (χ1n) is 14.3. The number of hydrogen-bond donors (Lipinski definition) is 0. The van der Waals surface area contributed by atoms with E-state index in [0.29, 0.717) is 17.6 Å². The molecule has 2 saturated heterocycles. The molecule has 0 spiro atoms. The van der Waals surface area contributed by atoms with E-state index in [0.717, 1.165) is 44.2 Å². The van der Waals surface area contributed by atoms with Crippen molar-refractivity contribution in [1.29, 1.82) is 0 Å². The Bertz CT molecular complexity index is 747. The fourth-order valence-electron chi connectivity index (χ4n) is 5.79. The molecular formula is C29H51N5O. The molecule has 0 amide bonds. The van der Waals surface area contributed by atoms with Crippen molar-refractivity contribution in [3.8, 4) is 0 Å². The lowest BCUT2D eigenvalue weighted by Crippen LogP contribution is -2.59. The molecule has 0 radical (unpaired) electrons. The van der Waals surface area contributed by atoms with Crippen molar-refractivity contribution < 1.29 is 4.79 Å². The summed E-state index contributed by atoms with van der Waals surface area (Å²) in [6.45, 7) is 15.4. The van der Waals surface area contributed by atoms with Gasteiger partial charge in [-0.3, -0.25) is 4.90 Å². The summed E-state index contributed by atoms with van der Waals surface area (Å²) in [6.07, 6.45) is 16.9. The number of piperazine rings is 1. The predicted octanol–water partition coefficient (Wildman–Crippen LogP) is 5.56. The quantitative estimate of drug-likeness (QED) is 0.427. The average molecular weight is 486 g/mol. The number of nitrogens with zero attached hydrogens (tertiary/aromatic N) is 5. The largest absolute Gasteiger partial charge is 0.332 e. The van der Waals surface area contributed by atoms with Gasteiger partial charge in [-0.25, -0.2) is 9.97 Å². The number of aromatic nitrogens is 2. The minimum atomic E-state index is 0.255. The van der Waals surface area contributed by atoms with Crippen molar-refractivity contribution >= 4 is 12.2 Å². The molecule has 4 rings (SSSR count). The summed E-state index contributed by atoms with van der Waals surface area (Å²) >= 11 is 0. The molecule has 6 nitrogen and oxygen atoms in total. The molecule has 3 atom stereocenters. The number of anilines is 1. The highest BCUT2D eigenvalue weighted by Crippen LogP contribution is 2.36. The van der Waals surface area contributed by atoms with Gasteiger partial charge in [0.1, 0.15) is 6.29 Å². The van der Waals surface area contributed by atoms with Gasteiger partial charge in [-0.05, 0) is 65.3 Å². The smallest absolute Gasteiger partial charge is 0.225 e. The average Bonchev–Trinajstić information content (AvgIpc) is 3.13. The Morgan fingerprint density at radius 2 is 1.66 bits per heavy atom. The normalized spacial score (nSPS) is 24.3. The summed E-state index contributed by atoms with van der Waals surface area (Å²) in [5.74, 6) is 2.09. The van der Waals surface area contributed by atoms with Crippen molar-refractivity contribution in [2.24, 2.45) is 11.8 Å². The van der Waals surface area contributed by atoms with Gasteiger partial charge in [0.15, 0.2) is 0 Å². The molecule has 2 aliphatic heterocycles. The summed E-state index contributed by atoms with van der Waals surface area (Å²) in [7, 11) is 2.25. The monoisotopic (exact) mass is 485 g/mol. The van der Waals surface area contributed by atoms with Gasteiger partial charge in [0.05, 0.1) is 0 Å². The van der Waals surface area contributed by atoms with Crippen molar-refractivity contribution in [1.82, 2.24) is 19.8 Å². The summed E-state index contributed by atoms with van der Waals surface area (Å²) < 4.78 is 0. The van der Waals surface area contributed by atoms with Crippen molar-refractivity contribution in [2.45, 2.75) is 117 Å². The molecule has 1 aromatic rings. The van der Waals surface area contributed by atoms with Gasteiger partial charge in [0.2, 0.25) is 5.95 Å². The number of rotatable bonds is 9. The van der Waals surface area contributed by atoms with Crippen molar-refractivity contribution in [2.75, 3.05) is 31.6 Å². The van der Waals surface area contributed by atoms with Crippen LogP contribution in [0, 0.1) is 11.8 Å². The van der Waals surface area contributed by atoms with E-state index < -0.39 is 0 Å². The van der Waals surface area contributed by atoms with Crippen LogP contribution in [-0.2, 0) is 11.3 Å². The summed E-state index contributed by atoms with van der Waals surface area (Å²) in [5, 5.41) is 0. The van der Waals surface area contributed by atoms with E-state index in [4.69, 9.17) is 9.97 Å². The van der Waals surface area contributed by atoms with Gasteiger partial charge in [-0.15, -0.1) is 0 Å². The maximum absolute atomic E-state index is 9.74. The van der Waals surface area contributed by atoms with Crippen LogP contribution in [0.15, 0.2) is 12.4 Å². The molecule has 0 N–H and O–H groups in total. The summed E-state index contributed by atoms with van der Waals surface area (Å²) in [4.78, 5) is 27.1. The number of aldehydes is 1. The minimum Gasteiger partial charge on any atom is -0.332 e. The molecule has 3 aliphatic rings. The Labute approximate surface area is 214 Å². The number of carbonyl (C=O) groups excluding carboxylic acids is 1. The molecule has 1 aliphatic carbocycles. The SMILES string of the molecule is CCC(C)(C)N1CC2CCC(C1)N2c1ncc(CN(C)CC2CCCCC2)cn1.CCC(C)C=O. The van der Waals surface area contributed by atoms with E-state index in [1.807, 2.05) is 13.8 Å². The van der Waals surface area contributed by atoms with E-state index in [9.17, 15) is 4.79 Å². The van der Waals surface area contributed by atoms with Crippen LogP contribution in [-0.4, -0.2) is 70.4 Å². The highest BCUT2D eigenvalue weighted by atomic mass is 16.1. The Balaban J connectivity index is 0.000000509. The zero-order chi connectivity index (χ0) is 25.4. The lowest BCUT2D eigenvalue weighted by Gasteiger charge is -2.47. The van der Waals surface area contributed by atoms with Crippen LogP contribution in [0.1, 0.15) is 98.0 Å². The van der Waals surface area contributed by atoms with Gasteiger partial charge < -0.3 is 14.6 Å². The van der Waals surface area contributed by atoms with Gasteiger partial charge >= 0.3 is 0 Å². The topological polar surface area (TPSA) is 52.6 Å². The summed E-state index contributed by atoms with van der Waals surface area (Å²) in [5.41, 5.74) is 1.53. The standard InChI is InChI=1S/C24H41N5.C5H10O/c1-5-24(2,3)28-17-21-11-12-22(18-28)29(21)23-25-13-20(14-26-23)16-27(4)15-19-9-7-6-8-10-19;1-3-5(2)4-6/h13-14,19,21-22H,5-12,15-18H2,1-4H3;4-5H,3H2,1-2H3. The first-order chi connectivity index (χ1) is 16.8. The fourth-order valence-corrected chi connectivity index (χ4v) is 5.79. The van der Waals surface area contributed by atoms with Crippen LogP contribution in [0.2, 0.25) is 0 Å². The maximum atomic E-state index is 9.74.